The first kappa shape index (κ1) is 15.8. The fourth-order valence-corrected chi connectivity index (χ4v) is 3.62. The second-order valence-electron chi connectivity index (χ2n) is 4.16. The molecule has 7 heteroatoms. The summed E-state index contributed by atoms with van der Waals surface area (Å²) in [5, 5.41) is 4.84. The Hall–Kier alpha value is -1.58. The van der Waals surface area contributed by atoms with E-state index in [1.54, 1.807) is 43.5 Å². The van der Waals surface area contributed by atoms with Crippen molar-refractivity contribution >= 4 is 42.4 Å². The van der Waals surface area contributed by atoms with Crippen LogP contribution in [0.4, 0.5) is 0 Å². The van der Waals surface area contributed by atoms with Crippen molar-refractivity contribution in [3.8, 4) is 0 Å². The Morgan fingerprint density at radius 1 is 1.29 bits per heavy atom. The number of hydrogen-bond donors (Lipinski definition) is 0. The van der Waals surface area contributed by atoms with Crippen molar-refractivity contribution in [1.29, 1.82) is 0 Å². The van der Waals surface area contributed by atoms with E-state index in [4.69, 9.17) is 16.3 Å². The quantitative estimate of drug-likeness (QED) is 0.564. The molecule has 2 rings (SSSR count). The Labute approximate surface area is 133 Å². The summed E-state index contributed by atoms with van der Waals surface area (Å²) in [7, 11) is 0. The van der Waals surface area contributed by atoms with Crippen LogP contribution in [0.2, 0.25) is 5.02 Å². The van der Waals surface area contributed by atoms with E-state index in [9.17, 15) is 9.59 Å². The molecule has 110 valence electrons. The van der Waals surface area contributed by atoms with E-state index in [0.29, 0.717) is 17.2 Å². The average Bonchev–Trinajstić information content (AvgIpc) is 2.86. The molecule has 1 heterocycles. The number of carbonyl (C=O) groups excluding carboxylic acids is 2. The van der Waals surface area contributed by atoms with Gasteiger partial charge in [-0.05, 0) is 0 Å². The summed E-state index contributed by atoms with van der Waals surface area (Å²) < 4.78 is 7.15. The predicted molar refractivity (Wildman–Crippen MR) is 81.4 cm³/mol. The number of ether oxygens (including phenoxy) is 1. The molecule has 2 aromatic rings. The first-order chi connectivity index (χ1) is 10.1. The van der Waals surface area contributed by atoms with Crippen LogP contribution >= 0.6 is 11.6 Å². The van der Waals surface area contributed by atoms with Crippen LogP contribution in [0.1, 0.15) is 17.3 Å². The fourth-order valence-electron chi connectivity index (χ4n) is 1.65. The summed E-state index contributed by atoms with van der Waals surface area (Å²) in [5.41, 5.74) is 0.638. The summed E-state index contributed by atoms with van der Waals surface area (Å²) >= 11 is 4.74. The summed E-state index contributed by atoms with van der Waals surface area (Å²) in [6.45, 7) is 2.16. The normalized spacial score (nSPS) is 11.0. The molecule has 1 unspecified atom stereocenters. The summed E-state index contributed by atoms with van der Waals surface area (Å²) in [4.78, 5) is 23.5. The number of rotatable bonds is 6. The number of nitrogens with zero attached hydrogens (tertiary/aromatic N) is 2. The molecule has 0 amide bonds. The maximum absolute atomic E-state index is 12.1. The zero-order valence-corrected chi connectivity index (χ0v) is 14.2. The molecule has 0 aliphatic carbocycles. The Kier molecular flexibility index (Phi) is 5.59. The number of hydrogen-bond acceptors (Lipinski definition) is 4. The molecule has 0 aliphatic rings. The van der Waals surface area contributed by atoms with Crippen LogP contribution in [-0.4, -0.2) is 42.7 Å². The zero-order chi connectivity index (χ0) is 15.2. The molecule has 0 fully saturated rings. The minimum absolute atomic E-state index is 0.0646. The average molecular weight is 369 g/mol. The van der Waals surface area contributed by atoms with Gasteiger partial charge in [-0.15, -0.1) is 0 Å². The van der Waals surface area contributed by atoms with E-state index in [-0.39, 0.29) is 17.1 Å². The number of aromatic nitrogens is 2. The second kappa shape index (κ2) is 7.43. The van der Waals surface area contributed by atoms with Crippen molar-refractivity contribution in [3.63, 3.8) is 0 Å². The van der Waals surface area contributed by atoms with Gasteiger partial charge in [0.05, 0.1) is 0 Å². The monoisotopic (exact) mass is 368 g/mol. The standard InChI is InChI=1S/C14H14AsClN2O3/c1-2-21-13(19)9-18-8-7-12(17-18)15-14(20)10-3-5-11(16)6-4-10/h3-8,15H,2,9H2,1H3. The van der Waals surface area contributed by atoms with Gasteiger partial charge in [-0.3, -0.25) is 0 Å². The molecule has 0 N–H and O–H groups in total. The third-order valence-electron chi connectivity index (χ3n) is 2.59. The molecule has 1 aromatic heterocycles. The minimum atomic E-state index is -1.05. The first-order valence-corrected chi connectivity index (χ1v) is 8.82. The van der Waals surface area contributed by atoms with Crippen molar-refractivity contribution in [2.24, 2.45) is 0 Å². The van der Waals surface area contributed by atoms with E-state index < -0.39 is 15.8 Å². The van der Waals surface area contributed by atoms with Crippen molar-refractivity contribution in [1.82, 2.24) is 9.78 Å². The van der Waals surface area contributed by atoms with Crippen LogP contribution in [0.5, 0.6) is 0 Å². The van der Waals surface area contributed by atoms with E-state index in [2.05, 4.69) is 5.10 Å². The molecule has 0 saturated heterocycles. The summed E-state index contributed by atoms with van der Waals surface area (Å²) in [6.07, 6.45) is 1.69. The Morgan fingerprint density at radius 2 is 2.00 bits per heavy atom. The summed E-state index contributed by atoms with van der Waals surface area (Å²) in [5.74, 6) is -0.337. The fraction of sp³-hybridized carbons (Fsp3) is 0.214. The third-order valence-corrected chi connectivity index (χ3v) is 5.02. The molecule has 5 nitrogen and oxygen atoms in total. The first-order valence-electron chi connectivity index (χ1n) is 6.34. The van der Waals surface area contributed by atoms with Crippen molar-refractivity contribution < 1.29 is 14.3 Å². The molecule has 21 heavy (non-hydrogen) atoms. The topological polar surface area (TPSA) is 61.2 Å². The second-order valence-corrected chi connectivity index (χ2v) is 7.15. The van der Waals surface area contributed by atoms with E-state index in [1.807, 2.05) is 0 Å². The van der Waals surface area contributed by atoms with Crippen molar-refractivity contribution in [2.45, 2.75) is 13.5 Å². The Balaban J connectivity index is 1.97. The van der Waals surface area contributed by atoms with Gasteiger partial charge in [0.1, 0.15) is 0 Å². The SMILES string of the molecule is CCOC(=O)Cn1ccc([AsH]C(=O)c2ccc(Cl)cc2)n1. The number of halogens is 1. The van der Waals surface area contributed by atoms with Crippen LogP contribution in [-0.2, 0) is 16.1 Å². The van der Waals surface area contributed by atoms with E-state index in [0.717, 1.165) is 4.48 Å². The van der Waals surface area contributed by atoms with Crippen LogP contribution in [0, 0.1) is 0 Å². The molecule has 1 atom stereocenters. The molecule has 0 saturated carbocycles. The predicted octanol–water partition coefficient (Wildman–Crippen LogP) is 1.00. The number of benzene rings is 1. The zero-order valence-electron chi connectivity index (χ0n) is 11.4. The van der Waals surface area contributed by atoms with Gasteiger partial charge in [-0.25, -0.2) is 0 Å². The molecular weight excluding hydrogens is 355 g/mol. The van der Waals surface area contributed by atoms with Gasteiger partial charge in [0.2, 0.25) is 0 Å². The van der Waals surface area contributed by atoms with Crippen molar-refractivity contribution in [3.05, 3.63) is 47.1 Å². The third kappa shape index (κ3) is 4.72. The molecule has 0 radical (unpaired) electrons. The Bertz CT molecular complexity index is 640. The molecule has 0 bridgehead atoms. The van der Waals surface area contributed by atoms with Gasteiger partial charge >= 0.3 is 134 Å². The van der Waals surface area contributed by atoms with Crippen LogP contribution in [0.3, 0.4) is 0 Å². The van der Waals surface area contributed by atoms with Gasteiger partial charge in [0, 0.05) is 0 Å². The van der Waals surface area contributed by atoms with E-state index in [1.165, 1.54) is 4.68 Å². The maximum atomic E-state index is 12.1. The van der Waals surface area contributed by atoms with Gasteiger partial charge in [0.15, 0.2) is 0 Å². The van der Waals surface area contributed by atoms with Gasteiger partial charge < -0.3 is 0 Å². The van der Waals surface area contributed by atoms with Crippen LogP contribution in [0.25, 0.3) is 0 Å². The molecular formula is C14H14AsClN2O3. The van der Waals surface area contributed by atoms with Gasteiger partial charge in [-0.1, -0.05) is 0 Å². The Morgan fingerprint density at radius 3 is 2.67 bits per heavy atom. The molecule has 1 aromatic carbocycles. The van der Waals surface area contributed by atoms with Crippen LogP contribution in [0.15, 0.2) is 36.5 Å². The van der Waals surface area contributed by atoms with E-state index >= 15 is 0 Å². The van der Waals surface area contributed by atoms with Crippen molar-refractivity contribution in [2.75, 3.05) is 6.61 Å². The summed E-state index contributed by atoms with van der Waals surface area (Å²) in [6, 6.07) is 8.58. The van der Waals surface area contributed by atoms with Crippen LogP contribution < -0.4 is 4.48 Å². The van der Waals surface area contributed by atoms with Gasteiger partial charge in [-0.2, -0.15) is 0 Å². The number of esters is 1. The molecule has 0 spiro atoms. The molecule has 0 aliphatic heterocycles. The number of carbonyl (C=O) groups is 2. The van der Waals surface area contributed by atoms with Gasteiger partial charge in [0.25, 0.3) is 0 Å².